The Hall–Kier alpha value is -1.46. The van der Waals surface area contributed by atoms with Gasteiger partial charge >= 0.3 is 0 Å². The molecule has 0 unspecified atom stereocenters. The molecular weight excluding hydrogens is 201 g/mol. The van der Waals surface area contributed by atoms with E-state index >= 15 is 0 Å². The Morgan fingerprint density at radius 2 is 2.27 bits per heavy atom. The lowest BCUT2D eigenvalue weighted by molar-refractivity contribution is 0.0801. The average Bonchev–Trinajstić information content (AvgIpc) is 2.25. The first-order valence-electron chi connectivity index (χ1n) is 4.46. The van der Waals surface area contributed by atoms with Crippen LogP contribution >= 0.6 is 0 Å². The fourth-order valence-corrected chi connectivity index (χ4v) is 1.01. The van der Waals surface area contributed by atoms with Gasteiger partial charge in [0.25, 0.3) is 5.91 Å². The van der Waals surface area contributed by atoms with Crippen molar-refractivity contribution in [3.63, 3.8) is 0 Å². The number of halogens is 1. The monoisotopic (exact) mass is 213 g/mol. The summed E-state index contributed by atoms with van der Waals surface area (Å²) in [5.41, 5.74) is 0.181. The maximum absolute atomic E-state index is 12.7. The summed E-state index contributed by atoms with van der Waals surface area (Å²) in [5.74, 6) is -0.979. The number of benzene rings is 1. The van der Waals surface area contributed by atoms with Gasteiger partial charge in [0.05, 0.1) is 12.7 Å². The van der Waals surface area contributed by atoms with Crippen molar-refractivity contribution in [2.24, 2.45) is 0 Å². The third-order valence-electron chi connectivity index (χ3n) is 1.80. The maximum atomic E-state index is 12.7. The van der Waals surface area contributed by atoms with Gasteiger partial charge in [-0.2, -0.15) is 0 Å². The SMILES string of the molecule is O=C(NC[C@H](O)CO)c1cccc(F)c1. The van der Waals surface area contributed by atoms with Gasteiger partial charge < -0.3 is 15.5 Å². The summed E-state index contributed by atoms with van der Waals surface area (Å²) in [6, 6.07) is 5.22. The second kappa shape index (κ2) is 5.43. The van der Waals surface area contributed by atoms with Gasteiger partial charge in [-0.1, -0.05) is 6.07 Å². The minimum atomic E-state index is -0.998. The molecule has 1 aromatic rings. The van der Waals surface area contributed by atoms with Crippen LogP contribution in [0.4, 0.5) is 4.39 Å². The second-order valence-corrected chi connectivity index (χ2v) is 3.06. The van der Waals surface area contributed by atoms with E-state index in [2.05, 4.69) is 5.32 Å². The number of rotatable bonds is 4. The third-order valence-corrected chi connectivity index (χ3v) is 1.80. The van der Waals surface area contributed by atoms with Crippen LogP contribution in [-0.4, -0.2) is 35.4 Å². The standard InChI is InChI=1S/C10H12FNO3/c11-8-3-1-2-7(4-8)10(15)12-5-9(14)6-13/h1-4,9,13-14H,5-6H2,(H,12,15)/t9-/m0/s1. The minimum absolute atomic E-state index is 0.0636. The normalized spacial score (nSPS) is 12.2. The Labute approximate surface area is 86.4 Å². The first-order chi connectivity index (χ1) is 7.13. The van der Waals surface area contributed by atoms with Crippen LogP contribution in [0.2, 0.25) is 0 Å². The molecule has 0 saturated carbocycles. The summed E-state index contributed by atoms with van der Waals surface area (Å²) in [6.45, 7) is -0.491. The molecule has 0 heterocycles. The zero-order valence-corrected chi connectivity index (χ0v) is 7.98. The molecule has 0 spiro atoms. The van der Waals surface area contributed by atoms with Crippen molar-refractivity contribution in [2.75, 3.05) is 13.2 Å². The lowest BCUT2D eigenvalue weighted by atomic mass is 10.2. The van der Waals surface area contributed by atoms with Crippen LogP contribution in [0.1, 0.15) is 10.4 Å². The number of hydrogen-bond donors (Lipinski definition) is 3. The topological polar surface area (TPSA) is 69.6 Å². The van der Waals surface area contributed by atoms with Gasteiger partial charge in [0.15, 0.2) is 0 Å². The Balaban J connectivity index is 2.54. The van der Waals surface area contributed by atoms with Gasteiger partial charge in [-0.15, -0.1) is 0 Å². The molecule has 0 fully saturated rings. The maximum Gasteiger partial charge on any atom is 0.251 e. The molecule has 0 aliphatic heterocycles. The van der Waals surface area contributed by atoms with Crippen molar-refractivity contribution in [1.29, 1.82) is 0 Å². The molecule has 5 heteroatoms. The number of aliphatic hydroxyl groups excluding tert-OH is 2. The summed E-state index contributed by atoms with van der Waals surface area (Å²) in [6.07, 6.45) is -0.998. The van der Waals surface area contributed by atoms with Crippen LogP contribution in [0.3, 0.4) is 0 Å². The number of aliphatic hydroxyl groups is 2. The highest BCUT2D eigenvalue weighted by Gasteiger charge is 2.08. The number of carbonyl (C=O) groups is 1. The van der Waals surface area contributed by atoms with Crippen molar-refractivity contribution >= 4 is 5.91 Å². The van der Waals surface area contributed by atoms with Crippen molar-refractivity contribution in [1.82, 2.24) is 5.32 Å². The second-order valence-electron chi connectivity index (χ2n) is 3.06. The molecular formula is C10H12FNO3. The summed E-state index contributed by atoms with van der Waals surface area (Å²) in [7, 11) is 0. The third kappa shape index (κ3) is 3.65. The molecule has 0 radical (unpaired) electrons. The smallest absolute Gasteiger partial charge is 0.251 e. The summed E-state index contributed by atoms with van der Waals surface area (Å²) >= 11 is 0. The summed E-state index contributed by atoms with van der Waals surface area (Å²) in [4.78, 5) is 11.3. The van der Waals surface area contributed by atoms with E-state index in [9.17, 15) is 9.18 Å². The molecule has 1 amide bonds. The van der Waals surface area contributed by atoms with Gasteiger partial charge in [0.1, 0.15) is 5.82 Å². The van der Waals surface area contributed by atoms with Gasteiger partial charge in [-0.3, -0.25) is 4.79 Å². The molecule has 0 aliphatic carbocycles. The van der Waals surface area contributed by atoms with Crippen molar-refractivity contribution in [3.8, 4) is 0 Å². The fourth-order valence-electron chi connectivity index (χ4n) is 1.01. The van der Waals surface area contributed by atoms with Gasteiger partial charge in [-0.05, 0) is 18.2 Å². The van der Waals surface area contributed by atoms with E-state index in [1.165, 1.54) is 18.2 Å². The van der Waals surface area contributed by atoms with E-state index in [4.69, 9.17) is 10.2 Å². The van der Waals surface area contributed by atoms with E-state index < -0.39 is 24.4 Å². The molecule has 1 rings (SSSR count). The molecule has 0 bridgehead atoms. The Morgan fingerprint density at radius 1 is 1.53 bits per heavy atom. The molecule has 15 heavy (non-hydrogen) atoms. The van der Waals surface area contributed by atoms with E-state index in [0.717, 1.165) is 6.07 Å². The van der Waals surface area contributed by atoms with Crippen LogP contribution in [-0.2, 0) is 0 Å². The van der Waals surface area contributed by atoms with E-state index in [-0.39, 0.29) is 12.1 Å². The van der Waals surface area contributed by atoms with Crippen LogP contribution in [0, 0.1) is 5.82 Å². The number of hydrogen-bond acceptors (Lipinski definition) is 3. The molecule has 82 valence electrons. The summed E-state index contributed by atoms with van der Waals surface area (Å²) < 4.78 is 12.7. The molecule has 4 nitrogen and oxygen atoms in total. The highest BCUT2D eigenvalue weighted by Crippen LogP contribution is 2.02. The Morgan fingerprint density at radius 3 is 2.87 bits per heavy atom. The van der Waals surface area contributed by atoms with Crippen molar-refractivity contribution < 1.29 is 19.4 Å². The zero-order chi connectivity index (χ0) is 11.3. The molecule has 0 aromatic heterocycles. The average molecular weight is 213 g/mol. The Kier molecular flexibility index (Phi) is 4.20. The number of amides is 1. The quantitative estimate of drug-likeness (QED) is 0.654. The van der Waals surface area contributed by atoms with Crippen LogP contribution < -0.4 is 5.32 Å². The van der Waals surface area contributed by atoms with Crippen LogP contribution in [0.15, 0.2) is 24.3 Å². The lowest BCUT2D eigenvalue weighted by Gasteiger charge is -2.08. The predicted octanol–water partition coefficient (Wildman–Crippen LogP) is -0.0913. The van der Waals surface area contributed by atoms with Crippen molar-refractivity contribution in [3.05, 3.63) is 35.6 Å². The largest absolute Gasteiger partial charge is 0.394 e. The highest BCUT2D eigenvalue weighted by molar-refractivity contribution is 5.94. The number of nitrogens with one attached hydrogen (secondary N) is 1. The van der Waals surface area contributed by atoms with E-state index in [1.807, 2.05) is 0 Å². The van der Waals surface area contributed by atoms with Gasteiger partial charge in [0, 0.05) is 12.1 Å². The zero-order valence-electron chi connectivity index (χ0n) is 7.98. The fraction of sp³-hybridized carbons (Fsp3) is 0.300. The van der Waals surface area contributed by atoms with Gasteiger partial charge in [0.2, 0.25) is 0 Å². The van der Waals surface area contributed by atoms with Crippen LogP contribution in [0.25, 0.3) is 0 Å². The first kappa shape index (κ1) is 11.6. The van der Waals surface area contributed by atoms with E-state index in [0.29, 0.717) is 0 Å². The molecule has 0 aliphatic rings. The Bertz CT molecular complexity index is 343. The number of carbonyl (C=O) groups excluding carboxylic acids is 1. The van der Waals surface area contributed by atoms with Crippen LogP contribution in [0.5, 0.6) is 0 Å². The molecule has 3 N–H and O–H groups in total. The lowest BCUT2D eigenvalue weighted by Crippen LogP contribution is -2.33. The van der Waals surface area contributed by atoms with E-state index in [1.54, 1.807) is 0 Å². The highest BCUT2D eigenvalue weighted by atomic mass is 19.1. The van der Waals surface area contributed by atoms with Crippen molar-refractivity contribution in [2.45, 2.75) is 6.10 Å². The first-order valence-corrected chi connectivity index (χ1v) is 4.46. The minimum Gasteiger partial charge on any atom is -0.394 e. The molecule has 0 saturated heterocycles. The summed E-state index contributed by atoms with van der Waals surface area (Å²) in [5, 5.41) is 19.8. The van der Waals surface area contributed by atoms with Gasteiger partial charge in [-0.25, -0.2) is 4.39 Å². The molecule has 1 aromatic carbocycles. The predicted molar refractivity (Wildman–Crippen MR) is 51.8 cm³/mol. The molecule has 1 atom stereocenters.